The second-order valence-electron chi connectivity index (χ2n) is 5.27. The number of anilines is 1. The zero-order valence-corrected chi connectivity index (χ0v) is 13.4. The standard InChI is InChI=1S/C16H24ClF2NO/c1-3-4-5-6-7-8-12(2)20-13-9-10-15(14(17)11-13)21-16(18)19/h9-12,16,20H,3-8H2,1-2H3. The fourth-order valence-corrected chi connectivity index (χ4v) is 2.42. The Hall–Kier alpha value is -1.03. The average Bonchev–Trinajstić information content (AvgIpc) is 2.41. The molecule has 1 aromatic rings. The molecule has 0 aliphatic heterocycles. The fourth-order valence-electron chi connectivity index (χ4n) is 2.19. The monoisotopic (exact) mass is 319 g/mol. The van der Waals surface area contributed by atoms with Crippen LogP contribution in [-0.4, -0.2) is 12.7 Å². The second kappa shape index (κ2) is 9.82. The highest BCUT2D eigenvalue weighted by Gasteiger charge is 2.10. The molecule has 0 aliphatic rings. The quantitative estimate of drug-likeness (QED) is 0.526. The summed E-state index contributed by atoms with van der Waals surface area (Å²) in [6, 6.07) is 5.11. The summed E-state index contributed by atoms with van der Waals surface area (Å²) in [7, 11) is 0. The van der Waals surface area contributed by atoms with Crippen LogP contribution in [0.5, 0.6) is 5.75 Å². The molecule has 0 aromatic heterocycles. The first-order valence-corrected chi connectivity index (χ1v) is 7.91. The molecule has 1 unspecified atom stereocenters. The van der Waals surface area contributed by atoms with Crippen molar-refractivity contribution < 1.29 is 13.5 Å². The molecule has 0 saturated carbocycles. The van der Waals surface area contributed by atoms with Gasteiger partial charge in [0.25, 0.3) is 0 Å². The zero-order chi connectivity index (χ0) is 15.7. The van der Waals surface area contributed by atoms with Gasteiger partial charge in [0.2, 0.25) is 0 Å². The number of alkyl halides is 2. The molecular weight excluding hydrogens is 296 g/mol. The number of ether oxygens (including phenoxy) is 1. The molecule has 21 heavy (non-hydrogen) atoms. The Morgan fingerprint density at radius 1 is 1.19 bits per heavy atom. The van der Waals surface area contributed by atoms with Crippen molar-refractivity contribution in [2.45, 2.75) is 65.0 Å². The van der Waals surface area contributed by atoms with E-state index < -0.39 is 6.61 Å². The van der Waals surface area contributed by atoms with Gasteiger partial charge >= 0.3 is 6.61 Å². The Morgan fingerprint density at radius 3 is 2.52 bits per heavy atom. The Morgan fingerprint density at radius 2 is 1.90 bits per heavy atom. The third kappa shape index (κ3) is 7.51. The lowest BCUT2D eigenvalue weighted by Gasteiger charge is -2.16. The number of hydrogen-bond acceptors (Lipinski definition) is 2. The molecule has 0 bridgehead atoms. The maximum atomic E-state index is 12.1. The Labute approximate surface area is 130 Å². The van der Waals surface area contributed by atoms with Gasteiger partial charge in [-0.2, -0.15) is 8.78 Å². The summed E-state index contributed by atoms with van der Waals surface area (Å²) >= 11 is 5.92. The van der Waals surface area contributed by atoms with Crippen molar-refractivity contribution in [1.29, 1.82) is 0 Å². The van der Waals surface area contributed by atoms with E-state index in [0.29, 0.717) is 6.04 Å². The van der Waals surface area contributed by atoms with Crippen LogP contribution in [0, 0.1) is 0 Å². The van der Waals surface area contributed by atoms with Crippen LogP contribution in [0.15, 0.2) is 18.2 Å². The number of nitrogens with one attached hydrogen (secondary N) is 1. The van der Waals surface area contributed by atoms with Crippen LogP contribution in [0.2, 0.25) is 5.02 Å². The molecule has 0 heterocycles. The summed E-state index contributed by atoms with van der Waals surface area (Å²) < 4.78 is 28.6. The highest BCUT2D eigenvalue weighted by Crippen LogP contribution is 2.29. The molecule has 1 rings (SSSR count). The average molecular weight is 320 g/mol. The van der Waals surface area contributed by atoms with Crippen molar-refractivity contribution in [3.8, 4) is 5.75 Å². The van der Waals surface area contributed by atoms with E-state index in [1.165, 1.54) is 38.2 Å². The smallest absolute Gasteiger partial charge is 0.387 e. The van der Waals surface area contributed by atoms with Gasteiger partial charge in [0.05, 0.1) is 5.02 Å². The number of hydrogen-bond donors (Lipinski definition) is 1. The van der Waals surface area contributed by atoms with Gasteiger partial charge < -0.3 is 10.1 Å². The predicted molar refractivity (Wildman–Crippen MR) is 84.5 cm³/mol. The van der Waals surface area contributed by atoms with Crippen LogP contribution in [0.1, 0.15) is 52.4 Å². The van der Waals surface area contributed by atoms with Gasteiger partial charge in [0, 0.05) is 11.7 Å². The molecule has 2 nitrogen and oxygen atoms in total. The Kier molecular flexibility index (Phi) is 8.43. The van der Waals surface area contributed by atoms with Crippen LogP contribution in [0.3, 0.4) is 0 Å². The molecule has 0 fully saturated rings. The van der Waals surface area contributed by atoms with Crippen LogP contribution in [-0.2, 0) is 0 Å². The molecule has 5 heteroatoms. The Bertz CT molecular complexity index is 415. The minimum atomic E-state index is -2.86. The molecule has 1 atom stereocenters. The van der Waals surface area contributed by atoms with Crippen LogP contribution < -0.4 is 10.1 Å². The van der Waals surface area contributed by atoms with E-state index in [9.17, 15) is 8.78 Å². The molecule has 0 radical (unpaired) electrons. The van der Waals surface area contributed by atoms with Gasteiger partial charge in [-0.3, -0.25) is 0 Å². The highest BCUT2D eigenvalue weighted by atomic mass is 35.5. The van der Waals surface area contributed by atoms with Crippen molar-refractivity contribution in [3.05, 3.63) is 23.2 Å². The van der Waals surface area contributed by atoms with Gasteiger partial charge in [-0.1, -0.05) is 50.6 Å². The molecule has 120 valence electrons. The lowest BCUT2D eigenvalue weighted by Crippen LogP contribution is -2.14. The molecule has 1 N–H and O–H groups in total. The summed E-state index contributed by atoms with van der Waals surface area (Å²) in [5.41, 5.74) is 0.822. The molecular formula is C16H24ClF2NO. The Balaban J connectivity index is 2.38. The molecule has 1 aromatic carbocycles. The van der Waals surface area contributed by atoms with Gasteiger partial charge in [-0.25, -0.2) is 0 Å². The maximum absolute atomic E-state index is 12.1. The number of benzene rings is 1. The zero-order valence-electron chi connectivity index (χ0n) is 12.7. The van der Waals surface area contributed by atoms with Gasteiger partial charge in [0.1, 0.15) is 5.75 Å². The largest absolute Gasteiger partial charge is 0.433 e. The van der Waals surface area contributed by atoms with Crippen molar-refractivity contribution >= 4 is 17.3 Å². The second-order valence-corrected chi connectivity index (χ2v) is 5.68. The SMILES string of the molecule is CCCCCCCC(C)Nc1ccc(OC(F)F)c(Cl)c1. The lowest BCUT2D eigenvalue weighted by atomic mass is 10.1. The third-order valence-electron chi connectivity index (χ3n) is 3.30. The minimum Gasteiger partial charge on any atom is -0.433 e. The third-order valence-corrected chi connectivity index (χ3v) is 3.60. The van der Waals surface area contributed by atoms with Crippen LogP contribution in [0.25, 0.3) is 0 Å². The topological polar surface area (TPSA) is 21.3 Å². The summed E-state index contributed by atoms with van der Waals surface area (Å²) in [5, 5.41) is 3.52. The summed E-state index contributed by atoms with van der Waals surface area (Å²) in [6.07, 6.45) is 7.35. The van der Waals surface area contributed by atoms with E-state index in [-0.39, 0.29) is 10.8 Å². The highest BCUT2D eigenvalue weighted by molar-refractivity contribution is 6.32. The van der Waals surface area contributed by atoms with Crippen LogP contribution >= 0.6 is 11.6 Å². The number of rotatable bonds is 10. The van der Waals surface area contributed by atoms with E-state index in [4.69, 9.17) is 11.6 Å². The molecule has 0 saturated heterocycles. The first-order valence-electron chi connectivity index (χ1n) is 7.53. The minimum absolute atomic E-state index is 0.00411. The predicted octanol–water partition coefficient (Wildman–Crippen LogP) is 6.10. The molecule has 0 aliphatic carbocycles. The summed E-state index contributed by atoms with van der Waals surface area (Å²) in [4.78, 5) is 0. The number of unbranched alkanes of at least 4 members (excludes halogenated alkanes) is 4. The summed E-state index contributed by atoms with van der Waals surface area (Å²) in [6.45, 7) is 1.45. The van der Waals surface area contributed by atoms with Crippen molar-refractivity contribution in [2.75, 3.05) is 5.32 Å². The fraction of sp³-hybridized carbons (Fsp3) is 0.625. The van der Waals surface area contributed by atoms with Gasteiger partial charge in [-0.15, -0.1) is 0 Å². The van der Waals surface area contributed by atoms with E-state index >= 15 is 0 Å². The van der Waals surface area contributed by atoms with Crippen molar-refractivity contribution in [2.24, 2.45) is 0 Å². The maximum Gasteiger partial charge on any atom is 0.387 e. The van der Waals surface area contributed by atoms with E-state index in [2.05, 4.69) is 23.9 Å². The van der Waals surface area contributed by atoms with Crippen molar-refractivity contribution in [3.63, 3.8) is 0 Å². The molecule has 0 amide bonds. The van der Waals surface area contributed by atoms with Gasteiger partial charge in [-0.05, 0) is 31.5 Å². The van der Waals surface area contributed by atoms with E-state index in [0.717, 1.165) is 12.1 Å². The van der Waals surface area contributed by atoms with Gasteiger partial charge in [0.15, 0.2) is 0 Å². The first-order chi connectivity index (χ1) is 10.0. The van der Waals surface area contributed by atoms with Crippen molar-refractivity contribution in [1.82, 2.24) is 0 Å². The normalized spacial score (nSPS) is 12.5. The first kappa shape index (κ1) is 18.0. The summed E-state index contributed by atoms with van der Waals surface area (Å²) in [5.74, 6) is 0.00411. The van der Waals surface area contributed by atoms with E-state index in [1.54, 1.807) is 12.1 Å². The van der Waals surface area contributed by atoms with E-state index in [1.807, 2.05) is 0 Å². The molecule has 0 spiro atoms. The van der Waals surface area contributed by atoms with Crippen LogP contribution in [0.4, 0.5) is 14.5 Å². The number of halogens is 3. The lowest BCUT2D eigenvalue weighted by molar-refractivity contribution is -0.0497.